The van der Waals surface area contributed by atoms with Crippen LogP contribution in [-0.4, -0.2) is 68.1 Å². The summed E-state index contributed by atoms with van der Waals surface area (Å²) in [7, 11) is 1.67. The fourth-order valence-electron chi connectivity index (χ4n) is 1.75. The molecule has 104 valence electrons. The topological polar surface area (TPSA) is 64.7 Å². The molecule has 1 fully saturated rings. The van der Waals surface area contributed by atoms with Crippen molar-refractivity contribution in [2.75, 3.05) is 46.3 Å². The number of hydrogen-bond acceptors (Lipinski definition) is 3. The highest BCUT2D eigenvalue weighted by molar-refractivity contribution is 5.83. The molecule has 1 heterocycles. The number of carbonyl (C=O) groups is 2. The van der Waals surface area contributed by atoms with Gasteiger partial charge in [0.1, 0.15) is 6.54 Å². The van der Waals surface area contributed by atoms with E-state index in [0.29, 0.717) is 25.6 Å². The third-order valence-electron chi connectivity index (χ3n) is 2.80. The molecule has 0 spiro atoms. The Balaban J connectivity index is 2.32. The molecule has 0 bridgehead atoms. The molecule has 18 heavy (non-hydrogen) atoms. The van der Waals surface area contributed by atoms with Crippen LogP contribution in [0.15, 0.2) is 0 Å². The van der Waals surface area contributed by atoms with Gasteiger partial charge in [-0.25, -0.2) is 4.79 Å². The molecule has 0 saturated carbocycles. The van der Waals surface area contributed by atoms with E-state index >= 15 is 0 Å². The van der Waals surface area contributed by atoms with Crippen LogP contribution in [0.25, 0.3) is 0 Å². The van der Waals surface area contributed by atoms with Crippen molar-refractivity contribution in [1.29, 1.82) is 0 Å². The second-order valence-corrected chi connectivity index (χ2v) is 5.07. The van der Waals surface area contributed by atoms with Gasteiger partial charge in [-0.2, -0.15) is 0 Å². The summed E-state index contributed by atoms with van der Waals surface area (Å²) in [5, 5.41) is 6.00. The summed E-state index contributed by atoms with van der Waals surface area (Å²) in [6.07, 6.45) is 0. The molecule has 0 radical (unpaired) electrons. The highest BCUT2D eigenvalue weighted by Gasteiger charge is 2.21. The van der Waals surface area contributed by atoms with E-state index in [1.54, 1.807) is 11.9 Å². The third-order valence-corrected chi connectivity index (χ3v) is 2.80. The summed E-state index contributed by atoms with van der Waals surface area (Å²) >= 11 is 0. The van der Waals surface area contributed by atoms with E-state index in [4.69, 9.17) is 0 Å². The summed E-state index contributed by atoms with van der Waals surface area (Å²) in [5.74, 6) is 0.317. The van der Waals surface area contributed by atoms with Gasteiger partial charge >= 0.3 is 6.03 Å². The average molecular weight is 256 g/mol. The molecule has 2 N–H and O–H groups in total. The zero-order valence-corrected chi connectivity index (χ0v) is 11.5. The van der Waals surface area contributed by atoms with E-state index in [1.165, 1.54) is 4.90 Å². The lowest BCUT2D eigenvalue weighted by molar-refractivity contribution is -0.121. The highest BCUT2D eigenvalue weighted by atomic mass is 16.2. The minimum Gasteiger partial charge on any atom is -0.354 e. The van der Waals surface area contributed by atoms with Gasteiger partial charge < -0.3 is 20.4 Å². The van der Waals surface area contributed by atoms with Crippen LogP contribution in [0.4, 0.5) is 4.79 Å². The summed E-state index contributed by atoms with van der Waals surface area (Å²) in [5.41, 5.74) is 0. The van der Waals surface area contributed by atoms with E-state index in [0.717, 1.165) is 13.1 Å². The van der Waals surface area contributed by atoms with Crippen LogP contribution < -0.4 is 10.6 Å². The third kappa shape index (κ3) is 4.91. The maximum Gasteiger partial charge on any atom is 0.320 e. The molecule has 0 atom stereocenters. The zero-order chi connectivity index (χ0) is 13.5. The molecule has 1 aliphatic heterocycles. The van der Waals surface area contributed by atoms with Crippen molar-refractivity contribution in [3.8, 4) is 0 Å². The maximum absolute atomic E-state index is 12.0. The number of nitrogens with one attached hydrogen (secondary N) is 2. The van der Waals surface area contributed by atoms with Crippen molar-refractivity contribution in [3.05, 3.63) is 0 Å². The Morgan fingerprint density at radius 3 is 2.50 bits per heavy atom. The zero-order valence-electron chi connectivity index (χ0n) is 11.5. The van der Waals surface area contributed by atoms with E-state index < -0.39 is 0 Å². The quantitative estimate of drug-likeness (QED) is 0.727. The Morgan fingerprint density at radius 1 is 1.33 bits per heavy atom. The Kier molecular flexibility index (Phi) is 5.91. The van der Waals surface area contributed by atoms with E-state index in [9.17, 15) is 9.59 Å². The second kappa shape index (κ2) is 7.20. The standard InChI is InChI=1S/C12H24N4O2/c1-10(2)8-14-11(17)9-15(3)12(18)16-6-4-13-5-7-16/h10,13H,4-9H2,1-3H3,(H,14,17). The van der Waals surface area contributed by atoms with E-state index in [1.807, 2.05) is 13.8 Å². The molecule has 6 nitrogen and oxygen atoms in total. The molecule has 0 aromatic carbocycles. The lowest BCUT2D eigenvalue weighted by Crippen LogP contribution is -2.52. The molecule has 0 aromatic heterocycles. The smallest absolute Gasteiger partial charge is 0.320 e. The molecule has 0 aromatic rings. The number of rotatable bonds is 4. The van der Waals surface area contributed by atoms with Gasteiger partial charge in [0.25, 0.3) is 0 Å². The van der Waals surface area contributed by atoms with E-state index in [2.05, 4.69) is 10.6 Å². The Morgan fingerprint density at radius 2 is 1.94 bits per heavy atom. The molecule has 3 amide bonds. The van der Waals surface area contributed by atoms with Gasteiger partial charge in [0, 0.05) is 39.8 Å². The second-order valence-electron chi connectivity index (χ2n) is 5.07. The fraction of sp³-hybridized carbons (Fsp3) is 0.833. The first kappa shape index (κ1) is 14.8. The Bertz CT molecular complexity index is 288. The number of likely N-dealkylation sites (N-methyl/N-ethyl adjacent to an activating group) is 1. The SMILES string of the molecule is CC(C)CNC(=O)CN(C)C(=O)N1CCNCC1. The first-order valence-corrected chi connectivity index (χ1v) is 6.48. The van der Waals surface area contributed by atoms with Crippen LogP contribution in [-0.2, 0) is 4.79 Å². The van der Waals surface area contributed by atoms with Crippen molar-refractivity contribution in [2.45, 2.75) is 13.8 Å². The molecule has 6 heteroatoms. The van der Waals surface area contributed by atoms with Crippen LogP contribution in [0.2, 0.25) is 0 Å². The minimum absolute atomic E-state index is 0.0730. The largest absolute Gasteiger partial charge is 0.354 e. The lowest BCUT2D eigenvalue weighted by Gasteiger charge is -2.31. The van der Waals surface area contributed by atoms with Gasteiger partial charge in [-0.15, -0.1) is 0 Å². The van der Waals surface area contributed by atoms with Crippen molar-refractivity contribution in [3.63, 3.8) is 0 Å². The van der Waals surface area contributed by atoms with Crippen molar-refractivity contribution < 1.29 is 9.59 Å². The molecule has 1 saturated heterocycles. The Labute approximate surface area is 109 Å². The van der Waals surface area contributed by atoms with Gasteiger partial charge in [0.05, 0.1) is 0 Å². The predicted molar refractivity (Wildman–Crippen MR) is 70.3 cm³/mol. The average Bonchev–Trinajstić information content (AvgIpc) is 2.36. The van der Waals surface area contributed by atoms with E-state index in [-0.39, 0.29) is 18.5 Å². The molecule has 0 aliphatic carbocycles. The summed E-state index contributed by atoms with van der Waals surface area (Å²) in [4.78, 5) is 26.9. The summed E-state index contributed by atoms with van der Waals surface area (Å²) in [6.45, 7) is 7.89. The van der Waals surface area contributed by atoms with Crippen LogP contribution in [0.3, 0.4) is 0 Å². The monoisotopic (exact) mass is 256 g/mol. The van der Waals surface area contributed by atoms with Gasteiger partial charge in [0.2, 0.25) is 5.91 Å². The number of nitrogens with zero attached hydrogens (tertiary/aromatic N) is 2. The van der Waals surface area contributed by atoms with Gasteiger partial charge in [-0.3, -0.25) is 4.79 Å². The molecule has 0 unspecified atom stereocenters. The number of carbonyl (C=O) groups excluding carboxylic acids is 2. The Hall–Kier alpha value is -1.30. The number of hydrogen-bond donors (Lipinski definition) is 2. The van der Waals surface area contributed by atoms with Crippen LogP contribution in [0.1, 0.15) is 13.8 Å². The summed E-state index contributed by atoms with van der Waals surface area (Å²) < 4.78 is 0. The van der Waals surface area contributed by atoms with Crippen molar-refractivity contribution >= 4 is 11.9 Å². The molecular formula is C12H24N4O2. The van der Waals surface area contributed by atoms with Crippen molar-refractivity contribution in [1.82, 2.24) is 20.4 Å². The van der Waals surface area contributed by atoms with Gasteiger partial charge in [-0.1, -0.05) is 13.8 Å². The number of urea groups is 1. The van der Waals surface area contributed by atoms with Crippen molar-refractivity contribution in [2.24, 2.45) is 5.92 Å². The lowest BCUT2D eigenvalue weighted by atomic mass is 10.2. The number of amides is 3. The van der Waals surface area contributed by atoms with Crippen LogP contribution in [0, 0.1) is 5.92 Å². The first-order valence-electron chi connectivity index (χ1n) is 6.48. The minimum atomic E-state index is -0.102. The highest BCUT2D eigenvalue weighted by Crippen LogP contribution is 1.99. The molecule has 1 rings (SSSR count). The predicted octanol–water partition coefficient (Wildman–Crippen LogP) is -0.284. The van der Waals surface area contributed by atoms with Gasteiger partial charge in [0.15, 0.2) is 0 Å². The first-order chi connectivity index (χ1) is 8.50. The van der Waals surface area contributed by atoms with Crippen LogP contribution >= 0.6 is 0 Å². The fourth-order valence-corrected chi connectivity index (χ4v) is 1.75. The summed E-state index contributed by atoms with van der Waals surface area (Å²) in [6, 6.07) is -0.0730. The van der Waals surface area contributed by atoms with Crippen LogP contribution in [0.5, 0.6) is 0 Å². The number of piperazine rings is 1. The maximum atomic E-state index is 12.0. The van der Waals surface area contributed by atoms with Gasteiger partial charge in [-0.05, 0) is 5.92 Å². The normalized spacial score (nSPS) is 15.7. The molecule has 1 aliphatic rings. The molecular weight excluding hydrogens is 232 g/mol.